The van der Waals surface area contributed by atoms with Gasteiger partial charge in [0.1, 0.15) is 0 Å². The number of anilines is 1. The number of amides is 1. The van der Waals surface area contributed by atoms with Crippen molar-refractivity contribution in [2.24, 2.45) is 0 Å². The predicted octanol–water partition coefficient (Wildman–Crippen LogP) is 7.62. The van der Waals surface area contributed by atoms with E-state index in [4.69, 9.17) is 9.47 Å². The highest BCUT2D eigenvalue weighted by atomic mass is 32.2. The topological polar surface area (TPSA) is 114 Å². The summed E-state index contributed by atoms with van der Waals surface area (Å²) >= 11 is 1.69. The van der Waals surface area contributed by atoms with Crippen molar-refractivity contribution < 1.29 is 27.8 Å². The van der Waals surface area contributed by atoms with E-state index in [9.17, 15) is 18.3 Å². The number of carbonyl (C=O) groups excluding carboxylic acids is 1. The molecule has 6 rings (SSSR count). The van der Waals surface area contributed by atoms with Crippen molar-refractivity contribution >= 4 is 33.4 Å². The number of sulfonamides is 1. The van der Waals surface area contributed by atoms with E-state index in [1.807, 2.05) is 97.1 Å². The molecule has 252 valence electrons. The lowest BCUT2D eigenvalue weighted by Crippen LogP contribution is -2.31. The maximum Gasteiger partial charge on any atom is 0.240 e. The highest BCUT2D eigenvalue weighted by Gasteiger charge is 2.32. The number of aliphatic hydroxyl groups is 1. The highest BCUT2D eigenvalue weighted by molar-refractivity contribution is 7.99. The molecule has 1 aliphatic rings. The first-order valence-electron chi connectivity index (χ1n) is 16.0. The largest absolute Gasteiger partial charge is 0.392 e. The van der Waals surface area contributed by atoms with E-state index in [0.717, 1.165) is 44.0 Å². The van der Waals surface area contributed by atoms with E-state index < -0.39 is 16.3 Å². The zero-order valence-electron chi connectivity index (χ0n) is 27.0. The fourth-order valence-corrected chi connectivity index (χ4v) is 7.63. The Kier molecular flexibility index (Phi) is 11.3. The SMILES string of the molecule is CC(=O)Nc1ccc(SC[C@@H]2C[C@H](c3ccc(CO)cc3)O[C@H](c3ccc(-c4ccccc4CNS(=O)(=O)c4ccccc4)cc3)O2)cc1. The van der Waals surface area contributed by atoms with E-state index in [1.165, 1.54) is 6.92 Å². The number of nitrogens with one attached hydrogen (secondary N) is 2. The van der Waals surface area contributed by atoms with Crippen molar-refractivity contribution in [3.63, 3.8) is 0 Å². The molecule has 1 saturated heterocycles. The van der Waals surface area contributed by atoms with E-state index in [2.05, 4.69) is 10.0 Å². The van der Waals surface area contributed by atoms with E-state index in [1.54, 1.807) is 42.1 Å². The smallest absolute Gasteiger partial charge is 0.240 e. The highest BCUT2D eigenvalue weighted by Crippen LogP contribution is 2.40. The molecule has 1 amide bonds. The van der Waals surface area contributed by atoms with Crippen LogP contribution in [0.5, 0.6) is 0 Å². The van der Waals surface area contributed by atoms with Crippen molar-refractivity contribution in [3.8, 4) is 11.1 Å². The molecule has 0 aromatic heterocycles. The van der Waals surface area contributed by atoms with Crippen LogP contribution < -0.4 is 10.0 Å². The van der Waals surface area contributed by atoms with Crippen molar-refractivity contribution in [1.82, 2.24) is 4.72 Å². The van der Waals surface area contributed by atoms with Gasteiger partial charge in [-0.25, -0.2) is 13.1 Å². The number of carbonyl (C=O) groups is 1. The van der Waals surface area contributed by atoms with Gasteiger partial charge in [0.25, 0.3) is 0 Å². The normalized spacial score (nSPS) is 17.8. The van der Waals surface area contributed by atoms with E-state index in [-0.39, 0.29) is 36.2 Å². The monoisotopic (exact) mass is 694 g/mol. The quantitative estimate of drug-likeness (QED) is 0.115. The van der Waals surface area contributed by atoms with Crippen LogP contribution in [0.25, 0.3) is 11.1 Å². The number of hydrogen-bond donors (Lipinski definition) is 3. The van der Waals surface area contributed by atoms with Gasteiger partial charge >= 0.3 is 0 Å². The molecule has 1 fully saturated rings. The van der Waals surface area contributed by atoms with Crippen LogP contribution in [-0.4, -0.2) is 31.3 Å². The van der Waals surface area contributed by atoms with Crippen LogP contribution in [0.4, 0.5) is 5.69 Å². The van der Waals surface area contributed by atoms with Gasteiger partial charge in [-0.2, -0.15) is 0 Å². The first kappa shape index (κ1) is 34.6. The van der Waals surface area contributed by atoms with E-state index >= 15 is 0 Å². The Balaban J connectivity index is 1.18. The molecule has 0 radical (unpaired) electrons. The molecular weight excluding hydrogens is 657 g/mol. The summed E-state index contributed by atoms with van der Waals surface area (Å²) in [5.41, 5.74) is 6.21. The Morgan fingerprint density at radius 1 is 0.816 bits per heavy atom. The number of aliphatic hydroxyl groups excluding tert-OH is 1. The van der Waals surface area contributed by atoms with Crippen LogP contribution in [0.15, 0.2) is 137 Å². The van der Waals surface area contributed by atoms with Crippen molar-refractivity contribution in [2.45, 2.75) is 54.8 Å². The molecule has 49 heavy (non-hydrogen) atoms. The summed E-state index contributed by atoms with van der Waals surface area (Å²) in [4.78, 5) is 12.7. The average molecular weight is 695 g/mol. The second kappa shape index (κ2) is 15.9. The molecule has 0 saturated carbocycles. The third-order valence-corrected chi connectivity index (χ3v) is 10.8. The van der Waals surface area contributed by atoms with Crippen molar-refractivity contribution in [3.05, 3.63) is 150 Å². The van der Waals surface area contributed by atoms with Crippen LogP contribution in [0, 0.1) is 0 Å². The molecule has 5 aromatic carbocycles. The van der Waals surface area contributed by atoms with Gasteiger partial charge in [0.15, 0.2) is 6.29 Å². The molecule has 8 nitrogen and oxygen atoms in total. The molecule has 3 atom stereocenters. The molecule has 1 aliphatic heterocycles. The summed E-state index contributed by atoms with van der Waals surface area (Å²) in [6, 6.07) is 39.7. The summed E-state index contributed by atoms with van der Waals surface area (Å²) in [6.45, 7) is 1.62. The Bertz CT molecular complexity index is 1950. The lowest BCUT2D eigenvalue weighted by atomic mass is 9.98. The molecule has 0 aliphatic carbocycles. The summed E-state index contributed by atoms with van der Waals surface area (Å²) in [7, 11) is -3.66. The maximum atomic E-state index is 12.9. The molecule has 5 aromatic rings. The predicted molar refractivity (Wildman–Crippen MR) is 192 cm³/mol. The second-order valence-electron chi connectivity index (χ2n) is 11.8. The van der Waals surface area contributed by atoms with Crippen LogP contribution in [-0.2, 0) is 37.4 Å². The third-order valence-electron chi connectivity index (χ3n) is 8.24. The standard InChI is InChI=1S/C39H38N2O6S2/c1-27(43)41-33-19-21-35(22-20-33)48-26-34-23-38(30-13-11-28(25-42)12-14-30)47-39(46-34)31-17-15-29(16-18-31)37-10-6-5-7-32(37)24-40-49(44,45)36-8-3-2-4-9-36/h2-22,34,38-40,42H,23-26H2,1H3,(H,41,43)/t34-,38+,39+/m0/s1. The van der Waals surface area contributed by atoms with Gasteiger partial charge in [-0.05, 0) is 64.2 Å². The lowest BCUT2D eigenvalue weighted by molar-refractivity contribution is -0.245. The minimum Gasteiger partial charge on any atom is -0.392 e. The van der Waals surface area contributed by atoms with Crippen molar-refractivity contribution in [1.29, 1.82) is 0 Å². The number of rotatable bonds is 12. The summed E-state index contributed by atoms with van der Waals surface area (Å²) in [5.74, 6) is 0.596. The van der Waals surface area contributed by atoms with Crippen LogP contribution >= 0.6 is 11.8 Å². The van der Waals surface area contributed by atoms with Gasteiger partial charge in [-0.3, -0.25) is 4.79 Å². The Morgan fingerprint density at radius 3 is 2.18 bits per heavy atom. The summed E-state index contributed by atoms with van der Waals surface area (Å²) < 4.78 is 41.6. The molecule has 1 heterocycles. The number of benzene rings is 5. The average Bonchev–Trinajstić information content (AvgIpc) is 3.14. The molecule has 0 spiro atoms. The van der Waals surface area contributed by atoms with Gasteiger partial charge in [0, 0.05) is 41.8 Å². The summed E-state index contributed by atoms with van der Waals surface area (Å²) in [6.07, 6.45) is -0.265. The van der Waals surface area contributed by atoms with Gasteiger partial charge in [0.05, 0.1) is 23.7 Å². The third kappa shape index (κ3) is 9.04. The van der Waals surface area contributed by atoms with Crippen molar-refractivity contribution in [2.75, 3.05) is 11.1 Å². The fraction of sp³-hybridized carbons (Fsp3) is 0.205. The molecule has 10 heteroatoms. The Morgan fingerprint density at radius 2 is 1.49 bits per heavy atom. The van der Waals surface area contributed by atoms with Gasteiger partial charge in [-0.15, -0.1) is 11.8 Å². The zero-order valence-corrected chi connectivity index (χ0v) is 28.6. The number of hydrogen-bond acceptors (Lipinski definition) is 7. The zero-order chi connectivity index (χ0) is 34.2. The number of ether oxygens (including phenoxy) is 2. The first-order valence-corrected chi connectivity index (χ1v) is 18.5. The van der Waals surface area contributed by atoms with Crippen LogP contribution in [0.3, 0.4) is 0 Å². The maximum absolute atomic E-state index is 12.9. The fourth-order valence-electron chi connectivity index (χ4n) is 5.68. The first-order chi connectivity index (χ1) is 23.8. The van der Waals surface area contributed by atoms with Crippen LogP contribution in [0.1, 0.15) is 48.0 Å². The molecular formula is C39H38N2O6S2. The Hall–Kier alpha value is -4.29. The molecule has 0 unspecified atom stereocenters. The second-order valence-corrected chi connectivity index (χ2v) is 14.6. The summed E-state index contributed by atoms with van der Waals surface area (Å²) in [5, 5.41) is 12.3. The van der Waals surface area contributed by atoms with Crippen LogP contribution in [0.2, 0.25) is 0 Å². The van der Waals surface area contributed by atoms with Gasteiger partial charge in [-0.1, -0.05) is 91.0 Å². The number of thioether (sulfide) groups is 1. The van der Waals surface area contributed by atoms with E-state index in [0.29, 0.717) is 12.2 Å². The van der Waals surface area contributed by atoms with Gasteiger partial charge in [0.2, 0.25) is 15.9 Å². The minimum atomic E-state index is -3.66. The lowest BCUT2D eigenvalue weighted by Gasteiger charge is -2.36. The Labute approximate surface area is 291 Å². The molecule has 3 N–H and O–H groups in total. The molecule has 0 bridgehead atoms. The minimum absolute atomic E-state index is 0.0219. The van der Waals surface area contributed by atoms with Gasteiger partial charge < -0.3 is 19.9 Å².